The molecule has 0 spiro atoms. The summed E-state index contributed by atoms with van der Waals surface area (Å²) in [6, 6.07) is 13.5. The van der Waals surface area contributed by atoms with E-state index in [1.165, 1.54) is 11.8 Å². The molecule has 5 heteroatoms. The number of hydrogen-bond donors (Lipinski definition) is 1. The van der Waals surface area contributed by atoms with Gasteiger partial charge in [-0.25, -0.2) is 0 Å². The number of nitrogens with one attached hydrogen (secondary N) is 1. The number of hydrogen-bond acceptors (Lipinski definition) is 4. The minimum atomic E-state index is -0.404. The number of aryl methyl sites for hydroxylation is 3. The smallest absolute Gasteiger partial charge is 0.316 e. The number of carbonyl (C=O) groups is 2. The third kappa shape index (κ3) is 5.42. The van der Waals surface area contributed by atoms with Gasteiger partial charge in [-0.05, 0) is 55.7 Å². The van der Waals surface area contributed by atoms with Crippen LogP contribution in [0.15, 0.2) is 47.4 Å². The van der Waals surface area contributed by atoms with Gasteiger partial charge >= 0.3 is 5.97 Å². The number of benzene rings is 2. The molecule has 4 nitrogen and oxygen atoms in total. The molecule has 0 atom stereocenters. The summed E-state index contributed by atoms with van der Waals surface area (Å²) in [6.45, 7) is 5.70. The van der Waals surface area contributed by atoms with Gasteiger partial charge in [0.05, 0.1) is 5.75 Å². The fourth-order valence-electron chi connectivity index (χ4n) is 2.06. The molecule has 0 bridgehead atoms. The van der Waals surface area contributed by atoms with Gasteiger partial charge in [0.1, 0.15) is 0 Å². The molecule has 0 aliphatic rings. The molecule has 126 valence electrons. The van der Waals surface area contributed by atoms with Crippen molar-refractivity contribution in [3.63, 3.8) is 0 Å². The van der Waals surface area contributed by atoms with Crippen LogP contribution in [0.1, 0.15) is 16.7 Å². The van der Waals surface area contributed by atoms with Gasteiger partial charge in [0, 0.05) is 10.6 Å². The lowest BCUT2D eigenvalue weighted by molar-refractivity contribution is -0.144. The number of ether oxygens (including phenoxy) is 1. The number of carbonyl (C=O) groups excluding carboxylic acids is 2. The van der Waals surface area contributed by atoms with E-state index >= 15 is 0 Å². The predicted octanol–water partition coefficient (Wildman–Crippen LogP) is 3.89. The molecule has 2 aromatic carbocycles. The summed E-state index contributed by atoms with van der Waals surface area (Å²) < 4.78 is 5.02. The van der Waals surface area contributed by atoms with E-state index in [0.717, 1.165) is 21.6 Å². The molecule has 0 fully saturated rings. The van der Waals surface area contributed by atoms with Crippen LogP contribution in [-0.4, -0.2) is 24.2 Å². The van der Waals surface area contributed by atoms with E-state index in [4.69, 9.17) is 4.74 Å². The standard InChI is InChI=1S/C19H21NO3S/c1-13-8-9-16(10-15(13)3)20-18(21)11-23-19(22)12-24-17-7-5-4-6-14(17)2/h4-10H,11-12H2,1-3H3,(H,20,21). The maximum Gasteiger partial charge on any atom is 0.316 e. The van der Waals surface area contributed by atoms with Gasteiger partial charge in [-0.2, -0.15) is 0 Å². The first-order valence-corrected chi connectivity index (χ1v) is 8.65. The zero-order valence-corrected chi connectivity index (χ0v) is 14.9. The Hall–Kier alpha value is -2.27. The summed E-state index contributed by atoms with van der Waals surface area (Å²) in [6.07, 6.45) is 0. The van der Waals surface area contributed by atoms with Crippen molar-refractivity contribution < 1.29 is 14.3 Å². The number of rotatable bonds is 6. The highest BCUT2D eigenvalue weighted by Gasteiger charge is 2.09. The minimum Gasteiger partial charge on any atom is -0.455 e. The highest BCUT2D eigenvalue weighted by molar-refractivity contribution is 8.00. The SMILES string of the molecule is Cc1ccc(NC(=O)COC(=O)CSc2ccccc2C)cc1C. The molecule has 2 rings (SSSR count). The number of esters is 1. The van der Waals surface area contributed by atoms with Crippen LogP contribution in [0, 0.1) is 20.8 Å². The summed E-state index contributed by atoms with van der Waals surface area (Å²) in [7, 11) is 0. The lowest BCUT2D eigenvalue weighted by atomic mass is 10.1. The van der Waals surface area contributed by atoms with Crippen molar-refractivity contribution in [2.45, 2.75) is 25.7 Å². The van der Waals surface area contributed by atoms with Crippen molar-refractivity contribution in [2.75, 3.05) is 17.7 Å². The van der Waals surface area contributed by atoms with Crippen LogP contribution in [-0.2, 0) is 14.3 Å². The van der Waals surface area contributed by atoms with E-state index in [1.807, 2.05) is 63.2 Å². The van der Waals surface area contributed by atoms with E-state index in [9.17, 15) is 9.59 Å². The third-order valence-electron chi connectivity index (χ3n) is 3.59. The van der Waals surface area contributed by atoms with Crippen molar-refractivity contribution >= 4 is 29.3 Å². The molecule has 0 aromatic heterocycles. The average molecular weight is 343 g/mol. The van der Waals surface area contributed by atoms with Crippen LogP contribution in [0.3, 0.4) is 0 Å². The molecule has 0 saturated carbocycles. The average Bonchev–Trinajstić information content (AvgIpc) is 2.55. The fourth-order valence-corrected chi connectivity index (χ4v) is 2.89. The number of thioether (sulfide) groups is 1. The van der Waals surface area contributed by atoms with Crippen LogP contribution in [0.2, 0.25) is 0 Å². The Balaban J connectivity index is 1.76. The molecule has 0 aliphatic heterocycles. The highest BCUT2D eigenvalue weighted by atomic mass is 32.2. The molecule has 0 heterocycles. The van der Waals surface area contributed by atoms with Crippen LogP contribution < -0.4 is 5.32 Å². The summed E-state index contributed by atoms with van der Waals surface area (Å²) in [5, 5.41) is 2.73. The van der Waals surface area contributed by atoms with Gasteiger partial charge in [-0.15, -0.1) is 11.8 Å². The van der Waals surface area contributed by atoms with E-state index < -0.39 is 5.97 Å². The Kier molecular flexibility index (Phi) is 6.44. The van der Waals surface area contributed by atoms with E-state index in [1.54, 1.807) is 0 Å². The third-order valence-corrected chi connectivity index (χ3v) is 4.74. The van der Waals surface area contributed by atoms with Crippen molar-refractivity contribution in [1.82, 2.24) is 0 Å². The zero-order chi connectivity index (χ0) is 17.5. The lowest BCUT2D eigenvalue weighted by Gasteiger charge is -2.09. The predicted molar refractivity (Wildman–Crippen MR) is 97.4 cm³/mol. The Morgan fingerprint density at radius 1 is 1.00 bits per heavy atom. The molecular weight excluding hydrogens is 322 g/mol. The van der Waals surface area contributed by atoms with Gasteiger partial charge in [0.25, 0.3) is 5.91 Å². The molecule has 0 aliphatic carbocycles. The monoisotopic (exact) mass is 343 g/mol. The second-order valence-electron chi connectivity index (χ2n) is 5.56. The van der Waals surface area contributed by atoms with Gasteiger partial charge in [-0.1, -0.05) is 24.3 Å². The normalized spacial score (nSPS) is 10.3. The topological polar surface area (TPSA) is 55.4 Å². The Morgan fingerprint density at radius 3 is 2.46 bits per heavy atom. The molecule has 0 radical (unpaired) electrons. The Bertz CT molecular complexity index is 743. The first-order valence-electron chi connectivity index (χ1n) is 7.67. The van der Waals surface area contributed by atoms with E-state index in [-0.39, 0.29) is 18.3 Å². The summed E-state index contributed by atoms with van der Waals surface area (Å²) in [5.41, 5.74) is 4.07. The largest absolute Gasteiger partial charge is 0.455 e. The Morgan fingerprint density at radius 2 is 1.75 bits per heavy atom. The summed E-state index contributed by atoms with van der Waals surface area (Å²) in [4.78, 5) is 24.6. The van der Waals surface area contributed by atoms with Crippen molar-refractivity contribution in [3.05, 3.63) is 59.2 Å². The van der Waals surface area contributed by atoms with E-state index in [2.05, 4.69) is 5.32 Å². The van der Waals surface area contributed by atoms with E-state index in [0.29, 0.717) is 5.69 Å². The molecule has 1 amide bonds. The summed E-state index contributed by atoms with van der Waals surface area (Å²) >= 11 is 1.41. The molecular formula is C19H21NO3S. The maximum atomic E-state index is 11.8. The zero-order valence-electron chi connectivity index (χ0n) is 14.1. The van der Waals surface area contributed by atoms with Crippen LogP contribution in [0.25, 0.3) is 0 Å². The number of amides is 1. The summed E-state index contributed by atoms with van der Waals surface area (Å²) in [5.74, 6) is -0.562. The maximum absolute atomic E-state index is 11.8. The van der Waals surface area contributed by atoms with Gasteiger partial charge in [0.2, 0.25) is 0 Å². The first-order chi connectivity index (χ1) is 11.5. The van der Waals surface area contributed by atoms with Crippen LogP contribution >= 0.6 is 11.8 Å². The minimum absolute atomic E-state index is 0.182. The Labute approximate surface area is 146 Å². The molecule has 24 heavy (non-hydrogen) atoms. The highest BCUT2D eigenvalue weighted by Crippen LogP contribution is 2.21. The molecule has 2 aromatic rings. The quantitative estimate of drug-likeness (QED) is 0.639. The fraction of sp³-hybridized carbons (Fsp3) is 0.263. The lowest BCUT2D eigenvalue weighted by Crippen LogP contribution is -2.21. The molecule has 0 unspecified atom stereocenters. The van der Waals surface area contributed by atoms with Gasteiger partial charge in [-0.3, -0.25) is 9.59 Å². The van der Waals surface area contributed by atoms with Crippen molar-refractivity contribution in [3.8, 4) is 0 Å². The van der Waals surface area contributed by atoms with Crippen molar-refractivity contribution in [1.29, 1.82) is 0 Å². The second-order valence-corrected chi connectivity index (χ2v) is 6.58. The van der Waals surface area contributed by atoms with Crippen molar-refractivity contribution in [2.24, 2.45) is 0 Å². The number of anilines is 1. The molecule has 0 saturated heterocycles. The molecule has 1 N–H and O–H groups in total. The van der Waals surface area contributed by atoms with Crippen LogP contribution in [0.5, 0.6) is 0 Å². The first kappa shape index (κ1) is 18.1. The van der Waals surface area contributed by atoms with Crippen LogP contribution in [0.4, 0.5) is 5.69 Å². The van der Waals surface area contributed by atoms with Gasteiger partial charge in [0.15, 0.2) is 6.61 Å². The second kappa shape index (κ2) is 8.55. The van der Waals surface area contributed by atoms with Gasteiger partial charge < -0.3 is 10.1 Å².